The van der Waals surface area contributed by atoms with Crippen LogP contribution in [-0.2, 0) is 4.79 Å². The molecular formula is C12H11N3O. The maximum absolute atomic E-state index is 11.7. The molecule has 80 valence electrons. The standard InChI is InChI=1S/C12H11N3O/c1-9(7-13)12(16)15(2)11-5-3-4-10(6-11)8-14/h3-6,9H,1-2H3. The first-order chi connectivity index (χ1) is 7.60. The molecule has 0 spiro atoms. The van der Waals surface area contributed by atoms with Gasteiger partial charge >= 0.3 is 0 Å². The van der Waals surface area contributed by atoms with Crippen LogP contribution in [0.2, 0.25) is 0 Å². The van der Waals surface area contributed by atoms with Crippen molar-refractivity contribution in [2.24, 2.45) is 5.92 Å². The van der Waals surface area contributed by atoms with Gasteiger partial charge in [0.15, 0.2) is 0 Å². The fraction of sp³-hybridized carbons (Fsp3) is 0.250. The molecule has 1 amide bonds. The molecular weight excluding hydrogens is 202 g/mol. The monoisotopic (exact) mass is 213 g/mol. The number of benzene rings is 1. The fourth-order valence-electron chi connectivity index (χ4n) is 1.26. The molecule has 0 aliphatic heterocycles. The van der Waals surface area contributed by atoms with Crippen molar-refractivity contribution in [3.05, 3.63) is 29.8 Å². The lowest BCUT2D eigenvalue weighted by molar-refractivity contribution is -0.120. The summed E-state index contributed by atoms with van der Waals surface area (Å²) in [6.07, 6.45) is 0. The van der Waals surface area contributed by atoms with Gasteiger partial charge in [-0.15, -0.1) is 0 Å². The molecule has 0 radical (unpaired) electrons. The van der Waals surface area contributed by atoms with Gasteiger partial charge in [0.05, 0.1) is 17.7 Å². The smallest absolute Gasteiger partial charge is 0.243 e. The zero-order valence-corrected chi connectivity index (χ0v) is 9.14. The van der Waals surface area contributed by atoms with Crippen LogP contribution < -0.4 is 4.90 Å². The number of amides is 1. The number of nitriles is 2. The van der Waals surface area contributed by atoms with Crippen LogP contribution in [0.3, 0.4) is 0 Å². The van der Waals surface area contributed by atoms with Gasteiger partial charge in [0.25, 0.3) is 0 Å². The molecule has 1 rings (SSSR count). The molecule has 0 saturated carbocycles. The Balaban J connectivity index is 2.98. The summed E-state index contributed by atoms with van der Waals surface area (Å²) < 4.78 is 0. The topological polar surface area (TPSA) is 67.9 Å². The highest BCUT2D eigenvalue weighted by Crippen LogP contribution is 2.16. The molecule has 1 aromatic rings. The normalized spacial score (nSPS) is 11.0. The van der Waals surface area contributed by atoms with Crippen molar-refractivity contribution in [1.29, 1.82) is 10.5 Å². The van der Waals surface area contributed by atoms with E-state index in [2.05, 4.69) is 0 Å². The molecule has 16 heavy (non-hydrogen) atoms. The highest BCUT2D eigenvalue weighted by Gasteiger charge is 2.17. The Morgan fingerprint density at radius 2 is 2.12 bits per heavy atom. The Morgan fingerprint density at radius 3 is 2.69 bits per heavy atom. The molecule has 0 aromatic heterocycles. The van der Waals surface area contributed by atoms with Gasteiger partial charge in [-0.3, -0.25) is 4.79 Å². The number of hydrogen-bond donors (Lipinski definition) is 0. The van der Waals surface area contributed by atoms with Gasteiger partial charge in [-0.2, -0.15) is 10.5 Å². The van der Waals surface area contributed by atoms with Crippen molar-refractivity contribution < 1.29 is 4.79 Å². The predicted molar refractivity (Wildman–Crippen MR) is 59.3 cm³/mol. The molecule has 0 aliphatic rings. The van der Waals surface area contributed by atoms with Gasteiger partial charge < -0.3 is 4.90 Å². The minimum atomic E-state index is -0.684. The zero-order chi connectivity index (χ0) is 12.1. The van der Waals surface area contributed by atoms with Gasteiger partial charge in [0.2, 0.25) is 5.91 Å². The van der Waals surface area contributed by atoms with Crippen molar-refractivity contribution in [1.82, 2.24) is 0 Å². The van der Waals surface area contributed by atoms with Gasteiger partial charge in [-0.05, 0) is 25.1 Å². The van der Waals surface area contributed by atoms with E-state index in [1.165, 1.54) is 4.90 Å². The van der Waals surface area contributed by atoms with Crippen LogP contribution in [0.4, 0.5) is 5.69 Å². The first-order valence-electron chi connectivity index (χ1n) is 4.77. The minimum absolute atomic E-state index is 0.280. The number of nitrogens with zero attached hydrogens (tertiary/aromatic N) is 3. The van der Waals surface area contributed by atoms with Crippen molar-refractivity contribution in [2.75, 3.05) is 11.9 Å². The molecule has 1 unspecified atom stereocenters. The van der Waals surface area contributed by atoms with Gasteiger partial charge in [-0.25, -0.2) is 0 Å². The van der Waals surface area contributed by atoms with Crippen molar-refractivity contribution >= 4 is 11.6 Å². The second-order valence-corrected chi connectivity index (χ2v) is 3.41. The van der Waals surface area contributed by atoms with Gasteiger partial charge in [0.1, 0.15) is 5.92 Å². The first kappa shape index (κ1) is 11.7. The average molecular weight is 213 g/mol. The van der Waals surface area contributed by atoms with E-state index < -0.39 is 5.92 Å². The van der Waals surface area contributed by atoms with E-state index in [9.17, 15) is 4.79 Å². The first-order valence-corrected chi connectivity index (χ1v) is 4.77. The summed E-state index contributed by atoms with van der Waals surface area (Å²) in [5.41, 5.74) is 1.10. The summed E-state index contributed by atoms with van der Waals surface area (Å²) in [6, 6.07) is 10.6. The molecule has 0 saturated heterocycles. The molecule has 0 fully saturated rings. The van der Waals surface area contributed by atoms with E-state index in [1.54, 1.807) is 38.2 Å². The van der Waals surface area contributed by atoms with E-state index in [4.69, 9.17) is 10.5 Å². The number of carbonyl (C=O) groups is 1. The van der Waals surface area contributed by atoms with E-state index in [1.807, 2.05) is 12.1 Å². The third kappa shape index (κ3) is 2.37. The van der Waals surface area contributed by atoms with Gasteiger partial charge in [-0.1, -0.05) is 6.07 Å². The Kier molecular flexibility index (Phi) is 3.63. The second-order valence-electron chi connectivity index (χ2n) is 3.41. The molecule has 0 N–H and O–H groups in total. The maximum atomic E-state index is 11.7. The summed E-state index contributed by atoms with van der Waals surface area (Å²) >= 11 is 0. The van der Waals surface area contributed by atoms with Crippen molar-refractivity contribution in [3.8, 4) is 12.1 Å². The highest BCUT2D eigenvalue weighted by atomic mass is 16.2. The Hall–Kier alpha value is -2.33. The molecule has 4 nitrogen and oxygen atoms in total. The Morgan fingerprint density at radius 1 is 1.44 bits per heavy atom. The fourth-order valence-corrected chi connectivity index (χ4v) is 1.26. The van der Waals surface area contributed by atoms with Crippen LogP contribution in [0.5, 0.6) is 0 Å². The molecule has 0 bridgehead atoms. The van der Waals surface area contributed by atoms with Gasteiger partial charge in [0, 0.05) is 12.7 Å². The largest absolute Gasteiger partial charge is 0.314 e. The lowest BCUT2D eigenvalue weighted by Crippen LogP contribution is -2.30. The number of hydrogen-bond acceptors (Lipinski definition) is 3. The van der Waals surface area contributed by atoms with E-state index in [-0.39, 0.29) is 5.91 Å². The van der Waals surface area contributed by atoms with Crippen molar-refractivity contribution in [3.63, 3.8) is 0 Å². The molecule has 1 atom stereocenters. The lowest BCUT2D eigenvalue weighted by atomic mass is 10.1. The summed E-state index contributed by atoms with van der Waals surface area (Å²) in [4.78, 5) is 13.1. The SMILES string of the molecule is CC(C#N)C(=O)N(C)c1cccc(C#N)c1. The van der Waals surface area contributed by atoms with Crippen LogP contribution in [0.15, 0.2) is 24.3 Å². The highest BCUT2D eigenvalue weighted by molar-refractivity contribution is 5.95. The molecule has 0 heterocycles. The Labute approximate surface area is 94.3 Å². The number of anilines is 1. The van der Waals surface area contributed by atoms with E-state index >= 15 is 0 Å². The average Bonchev–Trinajstić information content (AvgIpc) is 2.36. The third-order valence-corrected chi connectivity index (χ3v) is 2.26. The van der Waals surface area contributed by atoms with Crippen LogP contribution in [0, 0.1) is 28.6 Å². The van der Waals surface area contributed by atoms with E-state index in [0.29, 0.717) is 11.3 Å². The predicted octanol–water partition coefficient (Wildman–Crippen LogP) is 1.68. The summed E-state index contributed by atoms with van der Waals surface area (Å²) in [5.74, 6) is -0.965. The summed E-state index contributed by atoms with van der Waals surface area (Å²) in [6.45, 7) is 1.55. The van der Waals surface area contributed by atoms with Crippen molar-refractivity contribution in [2.45, 2.75) is 6.92 Å². The van der Waals surface area contributed by atoms with Crippen LogP contribution in [-0.4, -0.2) is 13.0 Å². The zero-order valence-electron chi connectivity index (χ0n) is 9.14. The number of rotatable bonds is 2. The molecule has 4 heteroatoms. The number of carbonyl (C=O) groups excluding carboxylic acids is 1. The van der Waals surface area contributed by atoms with Crippen LogP contribution in [0.1, 0.15) is 12.5 Å². The lowest BCUT2D eigenvalue weighted by Gasteiger charge is -2.18. The second kappa shape index (κ2) is 4.95. The molecule has 1 aromatic carbocycles. The van der Waals surface area contributed by atoms with Crippen LogP contribution in [0.25, 0.3) is 0 Å². The third-order valence-electron chi connectivity index (χ3n) is 2.26. The summed E-state index contributed by atoms with van der Waals surface area (Å²) in [7, 11) is 1.59. The van der Waals surface area contributed by atoms with Crippen LogP contribution >= 0.6 is 0 Å². The quantitative estimate of drug-likeness (QED) is 0.750. The van der Waals surface area contributed by atoms with E-state index in [0.717, 1.165) is 0 Å². The Bertz CT molecular complexity index is 482. The maximum Gasteiger partial charge on any atom is 0.243 e. The minimum Gasteiger partial charge on any atom is -0.314 e. The summed E-state index contributed by atoms with van der Waals surface area (Å²) in [5, 5.41) is 17.4. The molecule has 0 aliphatic carbocycles.